The summed E-state index contributed by atoms with van der Waals surface area (Å²) in [4.78, 5) is 0. The summed E-state index contributed by atoms with van der Waals surface area (Å²) in [6.07, 6.45) is 0.322. The van der Waals surface area contributed by atoms with Gasteiger partial charge < -0.3 is 13.7 Å². The first-order chi connectivity index (χ1) is 4.93. The monoisotopic (exact) mass is 276 g/mol. The zero-order chi connectivity index (χ0) is 7.23. The Bertz CT molecular complexity index is 89.0. The highest BCUT2D eigenvalue weighted by Crippen LogP contribution is 2.12. The minimum Gasteiger partial charge on any atom is -0.376 e. The molecule has 0 N–H and O–H groups in total. The lowest BCUT2D eigenvalue weighted by Gasteiger charge is -2.25. The number of halogens is 1. The molecule has 0 unspecified atom stereocenters. The van der Waals surface area contributed by atoms with Crippen molar-refractivity contribution < 1.29 is 13.7 Å². The van der Waals surface area contributed by atoms with Gasteiger partial charge in [-0.2, -0.15) is 0 Å². The van der Waals surface area contributed by atoms with Crippen molar-refractivity contribution in [3.63, 3.8) is 0 Å². The molecule has 0 saturated carbocycles. The largest absolute Gasteiger partial charge is 0.376 e. The lowest BCUT2D eigenvalue weighted by atomic mass is 10.3. The van der Waals surface area contributed by atoms with E-state index in [1.54, 1.807) is 0 Å². The molecular weight excluding hydrogens is 267 g/mol. The van der Waals surface area contributed by atoms with Gasteiger partial charge in [-0.1, -0.05) is 0 Å². The molecule has 1 aliphatic heterocycles. The maximum Gasteiger partial charge on any atom is 0.104 e. The van der Waals surface area contributed by atoms with Gasteiger partial charge in [-0.15, -0.1) is 0 Å². The van der Waals surface area contributed by atoms with Crippen molar-refractivity contribution in [2.45, 2.75) is 6.10 Å². The molecule has 0 aromatic heterocycles. The molecule has 1 saturated heterocycles. The van der Waals surface area contributed by atoms with Gasteiger partial charge >= 0.3 is 0 Å². The van der Waals surface area contributed by atoms with E-state index in [4.69, 9.17) is 13.7 Å². The maximum atomic E-state index is 5.31. The third-order valence-corrected chi connectivity index (χ3v) is 2.19. The van der Waals surface area contributed by atoms with Gasteiger partial charge in [0.15, 0.2) is 0 Å². The van der Waals surface area contributed by atoms with E-state index < -0.39 is 0 Å². The summed E-state index contributed by atoms with van der Waals surface area (Å²) in [5, 5.41) is 0. The molecule has 0 radical (unpaired) electrons. The average Bonchev–Trinajstić information content (AvgIpc) is 1.84. The standard InChI is InChI=1S/C5H9IO3S/c6-10-9-2-1-8-5-3-7-4-5/h5H,1-4H2. The van der Waals surface area contributed by atoms with E-state index in [0.29, 0.717) is 19.3 Å². The fourth-order valence-electron chi connectivity index (χ4n) is 0.591. The van der Waals surface area contributed by atoms with Gasteiger partial charge in [-0.25, -0.2) is 0 Å². The predicted molar refractivity (Wildman–Crippen MR) is 48.1 cm³/mol. The molecule has 1 heterocycles. The van der Waals surface area contributed by atoms with Crippen LogP contribution < -0.4 is 0 Å². The summed E-state index contributed by atoms with van der Waals surface area (Å²) in [7, 11) is 1.34. The summed E-state index contributed by atoms with van der Waals surface area (Å²) in [5.74, 6) is 0. The second kappa shape index (κ2) is 5.59. The Morgan fingerprint density at radius 2 is 2.30 bits per heavy atom. The van der Waals surface area contributed by atoms with Gasteiger partial charge in [-0.3, -0.25) is 0 Å². The van der Waals surface area contributed by atoms with Crippen molar-refractivity contribution in [1.82, 2.24) is 0 Å². The van der Waals surface area contributed by atoms with Crippen LogP contribution in [0, 0.1) is 0 Å². The third kappa shape index (κ3) is 3.38. The Kier molecular flexibility index (Phi) is 5.06. The summed E-state index contributed by atoms with van der Waals surface area (Å²) >= 11 is 2.08. The molecule has 5 heteroatoms. The van der Waals surface area contributed by atoms with E-state index in [0.717, 1.165) is 13.2 Å². The van der Waals surface area contributed by atoms with E-state index in [1.807, 2.05) is 0 Å². The van der Waals surface area contributed by atoms with Crippen LogP contribution in [0.15, 0.2) is 0 Å². The van der Waals surface area contributed by atoms with Gasteiger partial charge in [-0.05, 0) is 0 Å². The summed E-state index contributed by atoms with van der Waals surface area (Å²) < 4.78 is 15.2. The molecular formula is C5H9IO3S. The van der Waals surface area contributed by atoms with Gasteiger partial charge in [0.2, 0.25) is 0 Å². The van der Waals surface area contributed by atoms with Crippen LogP contribution in [0.2, 0.25) is 0 Å². The normalized spacial score (nSPS) is 18.9. The molecule has 1 aliphatic rings. The topological polar surface area (TPSA) is 27.7 Å². The highest BCUT2D eigenvalue weighted by atomic mass is 127. The predicted octanol–water partition coefficient (Wildman–Crippen LogP) is 1.42. The fraction of sp³-hybridized carbons (Fsp3) is 1.00. The fourth-order valence-corrected chi connectivity index (χ4v) is 1.26. The van der Waals surface area contributed by atoms with E-state index >= 15 is 0 Å². The van der Waals surface area contributed by atoms with Gasteiger partial charge in [0.25, 0.3) is 0 Å². The molecule has 3 nitrogen and oxygen atoms in total. The second-order valence-corrected chi connectivity index (χ2v) is 3.36. The van der Waals surface area contributed by atoms with Gasteiger partial charge in [0, 0.05) is 21.2 Å². The maximum absolute atomic E-state index is 5.31. The first-order valence-corrected chi connectivity index (χ1v) is 6.31. The molecule has 0 amide bonds. The van der Waals surface area contributed by atoms with Crippen molar-refractivity contribution >= 4 is 30.4 Å². The van der Waals surface area contributed by atoms with E-state index in [-0.39, 0.29) is 0 Å². The van der Waals surface area contributed by atoms with Crippen LogP contribution in [0.25, 0.3) is 0 Å². The molecule has 0 aromatic carbocycles. The Labute approximate surface area is 76.6 Å². The van der Waals surface area contributed by atoms with Crippen molar-refractivity contribution in [1.29, 1.82) is 0 Å². The smallest absolute Gasteiger partial charge is 0.104 e. The zero-order valence-corrected chi connectivity index (χ0v) is 8.39. The Morgan fingerprint density at radius 3 is 2.80 bits per heavy atom. The lowest BCUT2D eigenvalue weighted by molar-refractivity contribution is -0.132. The average molecular weight is 276 g/mol. The van der Waals surface area contributed by atoms with Crippen LogP contribution in [0.3, 0.4) is 0 Å². The summed E-state index contributed by atoms with van der Waals surface area (Å²) in [6.45, 7) is 2.82. The van der Waals surface area contributed by atoms with Crippen LogP contribution in [0.5, 0.6) is 0 Å². The van der Waals surface area contributed by atoms with Crippen LogP contribution in [0.1, 0.15) is 0 Å². The van der Waals surface area contributed by atoms with Crippen LogP contribution >= 0.6 is 30.4 Å². The number of ether oxygens (including phenoxy) is 2. The number of hydrogen-bond acceptors (Lipinski definition) is 4. The van der Waals surface area contributed by atoms with Gasteiger partial charge in [0.05, 0.1) is 35.6 Å². The first kappa shape index (κ1) is 9.05. The number of rotatable bonds is 5. The first-order valence-electron chi connectivity index (χ1n) is 3.03. The van der Waals surface area contributed by atoms with Crippen molar-refractivity contribution in [3.05, 3.63) is 0 Å². The Hall–Kier alpha value is 0.960. The van der Waals surface area contributed by atoms with E-state index in [2.05, 4.69) is 21.2 Å². The third-order valence-electron chi connectivity index (χ3n) is 1.17. The lowest BCUT2D eigenvalue weighted by Crippen LogP contribution is -2.36. The van der Waals surface area contributed by atoms with Crippen molar-refractivity contribution in [3.8, 4) is 0 Å². The van der Waals surface area contributed by atoms with Gasteiger partial charge in [0.1, 0.15) is 6.10 Å². The zero-order valence-electron chi connectivity index (χ0n) is 5.42. The second-order valence-electron chi connectivity index (χ2n) is 1.92. The molecule has 60 valence electrons. The van der Waals surface area contributed by atoms with E-state index in [1.165, 1.54) is 9.21 Å². The quantitative estimate of drug-likeness (QED) is 0.431. The molecule has 0 bridgehead atoms. The van der Waals surface area contributed by atoms with Crippen LogP contribution in [0.4, 0.5) is 0 Å². The Balaban J connectivity index is 1.76. The molecule has 1 fully saturated rings. The number of hydrogen-bond donors (Lipinski definition) is 0. The SMILES string of the molecule is ISOCCOC1COC1. The summed E-state index contributed by atoms with van der Waals surface area (Å²) in [5.41, 5.74) is 0. The summed E-state index contributed by atoms with van der Waals surface area (Å²) in [6, 6.07) is 0. The van der Waals surface area contributed by atoms with Crippen LogP contribution in [-0.2, 0) is 13.7 Å². The highest BCUT2D eigenvalue weighted by Gasteiger charge is 2.17. The molecule has 0 atom stereocenters. The van der Waals surface area contributed by atoms with Crippen molar-refractivity contribution in [2.24, 2.45) is 0 Å². The molecule has 0 aliphatic carbocycles. The molecule has 0 aromatic rings. The molecule has 0 spiro atoms. The van der Waals surface area contributed by atoms with Crippen molar-refractivity contribution in [2.75, 3.05) is 26.4 Å². The highest BCUT2D eigenvalue weighted by molar-refractivity contribution is 14.2. The Morgan fingerprint density at radius 1 is 1.50 bits per heavy atom. The molecule has 10 heavy (non-hydrogen) atoms. The van der Waals surface area contributed by atoms with Crippen LogP contribution in [-0.4, -0.2) is 32.5 Å². The molecule has 1 rings (SSSR count). The minimum absolute atomic E-state index is 0.322. The minimum atomic E-state index is 0.322. The van der Waals surface area contributed by atoms with E-state index in [9.17, 15) is 0 Å².